The molecule has 0 radical (unpaired) electrons. The lowest BCUT2D eigenvalue weighted by Crippen LogP contribution is -1.90. The van der Waals surface area contributed by atoms with Crippen LogP contribution in [0.2, 0.25) is 0 Å². The molecule has 0 aliphatic rings. The predicted octanol–water partition coefficient (Wildman–Crippen LogP) is 4.62. The lowest BCUT2D eigenvalue weighted by molar-refractivity contribution is 0.733. The molecular formula is C14H20. The van der Waals surface area contributed by atoms with Crippen molar-refractivity contribution < 1.29 is 0 Å². The van der Waals surface area contributed by atoms with E-state index in [9.17, 15) is 0 Å². The lowest BCUT2D eigenvalue weighted by atomic mass is 9.97. The van der Waals surface area contributed by atoms with Crippen molar-refractivity contribution in [2.75, 3.05) is 0 Å². The van der Waals surface area contributed by atoms with Crippen LogP contribution >= 0.6 is 0 Å². The fourth-order valence-corrected chi connectivity index (χ4v) is 1.46. The lowest BCUT2D eigenvalue weighted by Gasteiger charge is -2.09. The molecule has 0 N–H and O–H groups in total. The third kappa shape index (κ3) is 3.02. The fraction of sp³-hybridized carbons (Fsp3) is 0.429. The molecule has 0 aliphatic heterocycles. The molecule has 0 nitrogen and oxygen atoms in total. The van der Waals surface area contributed by atoms with Crippen LogP contribution in [-0.4, -0.2) is 0 Å². The van der Waals surface area contributed by atoms with Gasteiger partial charge in [0, 0.05) is 0 Å². The number of hydrogen-bond acceptors (Lipinski definition) is 0. The standard InChI is InChI=1S/C14H20/c1-4-6-8-13-9-7-10-14(11-13)12(3)5-2/h6-12H,4-5H2,1-3H3. The summed E-state index contributed by atoms with van der Waals surface area (Å²) in [6, 6.07) is 8.83. The summed E-state index contributed by atoms with van der Waals surface area (Å²) in [7, 11) is 0. The van der Waals surface area contributed by atoms with Crippen LogP contribution < -0.4 is 0 Å². The van der Waals surface area contributed by atoms with Crippen LogP contribution in [-0.2, 0) is 0 Å². The maximum atomic E-state index is 2.29. The topological polar surface area (TPSA) is 0 Å². The molecule has 0 saturated carbocycles. The van der Waals surface area contributed by atoms with Crippen molar-refractivity contribution in [3.05, 3.63) is 41.5 Å². The molecule has 0 aromatic heterocycles. The molecule has 76 valence electrons. The summed E-state index contributed by atoms with van der Waals surface area (Å²) >= 11 is 0. The van der Waals surface area contributed by atoms with E-state index in [1.165, 1.54) is 17.5 Å². The first-order chi connectivity index (χ1) is 6.77. The number of hydrogen-bond donors (Lipinski definition) is 0. The quantitative estimate of drug-likeness (QED) is 0.646. The molecule has 0 fully saturated rings. The van der Waals surface area contributed by atoms with Crippen LogP contribution in [0.4, 0.5) is 0 Å². The molecule has 0 heteroatoms. The number of allylic oxidation sites excluding steroid dienone is 1. The zero-order chi connectivity index (χ0) is 10.4. The summed E-state index contributed by atoms with van der Waals surface area (Å²) in [5.41, 5.74) is 2.77. The third-order valence-electron chi connectivity index (χ3n) is 2.64. The molecule has 0 bridgehead atoms. The van der Waals surface area contributed by atoms with E-state index in [1.807, 2.05) is 0 Å². The van der Waals surface area contributed by atoms with Gasteiger partial charge in [-0.3, -0.25) is 0 Å². The summed E-state index contributed by atoms with van der Waals surface area (Å²) in [5, 5.41) is 0. The highest BCUT2D eigenvalue weighted by atomic mass is 14.1. The minimum Gasteiger partial charge on any atom is -0.0842 e. The van der Waals surface area contributed by atoms with Crippen molar-refractivity contribution in [1.82, 2.24) is 0 Å². The Bertz CT molecular complexity index is 297. The summed E-state index contributed by atoms with van der Waals surface area (Å²) < 4.78 is 0. The zero-order valence-electron chi connectivity index (χ0n) is 9.46. The molecule has 0 amide bonds. The smallest absolute Gasteiger partial charge is 0.0193 e. The molecule has 1 rings (SSSR count). The Morgan fingerprint density at radius 3 is 2.71 bits per heavy atom. The van der Waals surface area contributed by atoms with E-state index in [1.54, 1.807) is 0 Å². The second-order valence-electron chi connectivity index (χ2n) is 3.79. The molecule has 14 heavy (non-hydrogen) atoms. The van der Waals surface area contributed by atoms with Gasteiger partial charge in [-0.2, -0.15) is 0 Å². The van der Waals surface area contributed by atoms with Gasteiger partial charge >= 0.3 is 0 Å². The van der Waals surface area contributed by atoms with Crippen LogP contribution in [0, 0.1) is 0 Å². The first-order valence-electron chi connectivity index (χ1n) is 5.54. The van der Waals surface area contributed by atoms with Crippen molar-refractivity contribution in [1.29, 1.82) is 0 Å². The van der Waals surface area contributed by atoms with Gasteiger partial charge in [-0.15, -0.1) is 0 Å². The Labute approximate surface area is 87.7 Å². The van der Waals surface area contributed by atoms with Crippen LogP contribution in [0.5, 0.6) is 0 Å². The van der Waals surface area contributed by atoms with Gasteiger partial charge in [0.05, 0.1) is 0 Å². The van der Waals surface area contributed by atoms with Gasteiger partial charge in [-0.1, -0.05) is 57.2 Å². The summed E-state index contributed by atoms with van der Waals surface area (Å²) in [4.78, 5) is 0. The van der Waals surface area contributed by atoms with E-state index >= 15 is 0 Å². The van der Waals surface area contributed by atoms with Crippen molar-refractivity contribution in [2.24, 2.45) is 0 Å². The van der Waals surface area contributed by atoms with Crippen LogP contribution in [0.3, 0.4) is 0 Å². The Hall–Kier alpha value is -1.04. The maximum Gasteiger partial charge on any atom is -0.0193 e. The van der Waals surface area contributed by atoms with Gasteiger partial charge in [0.1, 0.15) is 0 Å². The van der Waals surface area contributed by atoms with E-state index in [0.717, 1.165) is 6.42 Å². The Kier molecular flexibility index (Phi) is 4.45. The number of benzene rings is 1. The SMILES string of the molecule is CCC=Cc1cccc(C(C)CC)c1. The highest BCUT2D eigenvalue weighted by molar-refractivity contribution is 5.50. The van der Waals surface area contributed by atoms with Crippen LogP contribution in [0.1, 0.15) is 50.7 Å². The first kappa shape index (κ1) is 11.0. The van der Waals surface area contributed by atoms with E-state index < -0.39 is 0 Å². The summed E-state index contributed by atoms with van der Waals surface area (Å²) in [5.74, 6) is 0.671. The molecule has 1 atom stereocenters. The Morgan fingerprint density at radius 1 is 1.29 bits per heavy atom. The third-order valence-corrected chi connectivity index (χ3v) is 2.64. The zero-order valence-corrected chi connectivity index (χ0v) is 9.46. The summed E-state index contributed by atoms with van der Waals surface area (Å²) in [6.07, 6.45) is 6.72. The van der Waals surface area contributed by atoms with Crippen LogP contribution in [0.15, 0.2) is 30.3 Å². The van der Waals surface area contributed by atoms with Gasteiger partial charge in [-0.25, -0.2) is 0 Å². The van der Waals surface area contributed by atoms with Crippen LogP contribution in [0.25, 0.3) is 6.08 Å². The van der Waals surface area contributed by atoms with Gasteiger partial charge in [0.25, 0.3) is 0 Å². The average Bonchev–Trinajstić information content (AvgIpc) is 2.25. The first-order valence-corrected chi connectivity index (χ1v) is 5.54. The predicted molar refractivity (Wildman–Crippen MR) is 64.5 cm³/mol. The average molecular weight is 188 g/mol. The summed E-state index contributed by atoms with van der Waals surface area (Å²) in [6.45, 7) is 6.68. The minimum atomic E-state index is 0.671. The second-order valence-corrected chi connectivity index (χ2v) is 3.79. The molecule has 1 aromatic carbocycles. The molecule has 0 spiro atoms. The Morgan fingerprint density at radius 2 is 2.07 bits per heavy atom. The van der Waals surface area contributed by atoms with Crippen molar-refractivity contribution >= 4 is 6.08 Å². The van der Waals surface area contributed by atoms with E-state index in [-0.39, 0.29) is 0 Å². The Balaban J connectivity index is 2.83. The number of rotatable bonds is 4. The normalized spacial score (nSPS) is 13.4. The monoisotopic (exact) mass is 188 g/mol. The van der Waals surface area contributed by atoms with Crippen molar-refractivity contribution in [3.8, 4) is 0 Å². The van der Waals surface area contributed by atoms with Gasteiger partial charge < -0.3 is 0 Å². The van der Waals surface area contributed by atoms with E-state index in [4.69, 9.17) is 0 Å². The van der Waals surface area contributed by atoms with Crippen molar-refractivity contribution in [3.63, 3.8) is 0 Å². The highest BCUT2D eigenvalue weighted by Crippen LogP contribution is 2.19. The molecule has 0 heterocycles. The molecule has 0 aliphatic carbocycles. The maximum absolute atomic E-state index is 2.29. The second kappa shape index (κ2) is 5.64. The van der Waals surface area contributed by atoms with E-state index in [0.29, 0.717) is 5.92 Å². The highest BCUT2D eigenvalue weighted by Gasteiger charge is 2.01. The molecule has 0 saturated heterocycles. The largest absolute Gasteiger partial charge is 0.0842 e. The molecule has 1 aromatic rings. The van der Waals surface area contributed by atoms with Gasteiger partial charge in [-0.05, 0) is 29.9 Å². The fourth-order valence-electron chi connectivity index (χ4n) is 1.46. The van der Waals surface area contributed by atoms with Gasteiger partial charge in [0.15, 0.2) is 0 Å². The molecular weight excluding hydrogens is 168 g/mol. The molecule has 1 unspecified atom stereocenters. The van der Waals surface area contributed by atoms with Crippen molar-refractivity contribution in [2.45, 2.75) is 39.5 Å². The minimum absolute atomic E-state index is 0.671. The van der Waals surface area contributed by atoms with E-state index in [2.05, 4.69) is 57.2 Å². The van der Waals surface area contributed by atoms with Gasteiger partial charge in [0.2, 0.25) is 0 Å².